The zero-order valence-electron chi connectivity index (χ0n) is 9.79. The molecule has 1 aliphatic heterocycles. The van der Waals surface area contributed by atoms with Crippen LogP contribution in [0.2, 0.25) is 0 Å². The fourth-order valence-electron chi connectivity index (χ4n) is 2.09. The first-order chi connectivity index (χ1) is 9.13. The molecule has 0 radical (unpaired) electrons. The quantitative estimate of drug-likeness (QED) is 0.845. The van der Waals surface area contributed by atoms with Gasteiger partial charge in [0.25, 0.3) is 0 Å². The van der Waals surface area contributed by atoms with Gasteiger partial charge in [0.2, 0.25) is 0 Å². The molecule has 2 nitrogen and oxygen atoms in total. The lowest BCUT2D eigenvalue weighted by molar-refractivity contribution is 0.283. The third-order valence-corrected chi connectivity index (χ3v) is 3.51. The first-order valence-electron chi connectivity index (χ1n) is 5.77. The van der Waals surface area contributed by atoms with Crippen LogP contribution in [0, 0.1) is 11.6 Å². The summed E-state index contributed by atoms with van der Waals surface area (Å²) >= 11 is 3.36. The molecule has 3 rings (SSSR count). The molecule has 1 N–H and O–H groups in total. The van der Waals surface area contributed by atoms with Crippen molar-refractivity contribution in [3.63, 3.8) is 0 Å². The lowest BCUT2D eigenvalue weighted by atomic mass is 10.0. The van der Waals surface area contributed by atoms with Crippen LogP contribution >= 0.6 is 15.9 Å². The maximum atomic E-state index is 13.7. The molecule has 5 heteroatoms. The molecule has 2 aromatic rings. The van der Waals surface area contributed by atoms with Crippen molar-refractivity contribution >= 4 is 21.6 Å². The fraction of sp³-hybridized carbons (Fsp3) is 0.143. The second-order valence-corrected chi connectivity index (χ2v) is 5.23. The second kappa shape index (κ2) is 4.81. The summed E-state index contributed by atoms with van der Waals surface area (Å²) in [6.07, 6.45) is 0. The van der Waals surface area contributed by atoms with E-state index in [4.69, 9.17) is 4.74 Å². The molecule has 0 aromatic heterocycles. The van der Waals surface area contributed by atoms with Crippen LogP contribution in [-0.2, 0) is 0 Å². The lowest BCUT2D eigenvalue weighted by Crippen LogP contribution is -2.24. The molecular formula is C14H10BrF2NO. The van der Waals surface area contributed by atoms with E-state index in [0.717, 1.165) is 16.2 Å². The molecule has 2 aromatic carbocycles. The van der Waals surface area contributed by atoms with Gasteiger partial charge in [0.15, 0.2) is 0 Å². The largest absolute Gasteiger partial charge is 0.489 e. The van der Waals surface area contributed by atoms with E-state index in [2.05, 4.69) is 21.2 Å². The van der Waals surface area contributed by atoms with E-state index in [1.807, 2.05) is 18.2 Å². The summed E-state index contributed by atoms with van der Waals surface area (Å²) in [6.45, 7) is 0.298. The molecule has 1 atom stereocenters. The normalized spacial score (nSPS) is 17.3. The van der Waals surface area contributed by atoms with Crippen LogP contribution in [0.25, 0.3) is 0 Å². The van der Waals surface area contributed by atoms with Gasteiger partial charge in [-0.25, -0.2) is 8.78 Å². The standard InChI is InChI=1S/C14H10BrF2NO/c15-8-1-4-12-14(5-8)19-7-13(18-12)10-3-2-9(16)6-11(10)17/h1-6,13,18H,7H2. The van der Waals surface area contributed by atoms with Gasteiger partial charge in [0.1, 0.15) is 24.0 Å². The van der Waals surface area contributed by atoms with Gasteiger partial charge < -0.3 is 10.1 Å². The summed E-state index contributed by atoms with van der Waals surface area (Å²) < 4.78 is 33.2. The Labute approximate surface area is 117 Å². The van der Waals surface area contributed by atoms with Gasteiger partial charge in [0, 0.05) is 16.1 Å². The van der Waals surface area contributed by atoms with Crippen molar-refractivity contribution in [2.24, 2.45) is 0 Å². The Morgan fingerprint density at radius 1 is 1.16 bits per heavy atom. The first kappa shape index (κ1) is 12.4. The van der Waals surface area contributed by atoms with Gasteiger partial charge in [-0.1, -0.05) is 22.0 Å². The highest BCUT2D eigenvalue weighted by atomic mass is 79.9. The molecule has 98 valence electrons. The SMILES string of the molecule is Fc1ccc(C2COc3cc(Br)ccc3N2)c(F)c1. The molecule has 0 saturated carbocycles. The highest BCUT2D eigenvalue weighted by Crippen LogP contribution is 2.36. The number of hydrogen-bond acceptors (Lipinski definition) is 2. The summed E-state index contributed by atoms with van der Waals surface area (Å²) in [5.41, 5.74) is 1.19. The molecule has 1 unspecified atom stereocenters. The third kappa shape index (κ3) is 2.42. The van der Waals surface area contributed by atoms with Crippen molar-refractivity contribution in [1.29, 1.82) is 0 Å². The molecule has 0 amide bonds. The fourth-order valence-corrected chi connectivity index (χ4v) is 2.43. The Hall–Kier alpha value is -1.62. The van der Waals surface area contributed by atoms with E-state index in [1.165, 1.54) is 12.1 Å². The average molecular weight is 326 g/mol. The van der Waals surface area contributed by atoms with Gasteiger partial charge in [-0.3, -0.25) is 0 Å². The van der Waals surface area contributed by atoms with E-state index < -0.39 is 11.6 Å². The third-order valence-electron chi connectivity index (χ3n) is 3.02. The number of hydrogen-bond donors (Lipinski definition) is 1. The highest BCUT2D eigenvalue weighted by molar-refractivity contribution is 9.10. The zero-order chi connectivity index (χ0) is 13.4. The van der Waals surface area contributed by atoms with Crippen molar-refractivity contribution in [3.05, 3.63) is 58.1 Å². The monoisotopic (exact) mass is 325 g/mol. The van der Waals surface area contributed by atoms with Crippen LogP contribution < -0.4 is 10.1 Å². The predicted octanol–water partition coefficient (Wildman–Crippen LogP) is 4.27. The molecule has 0 bridgehead atoms. The molecule has 0 spiro atoms. The van der Waals surface area contributed by atoms with Gasteiger partial charge in [-0.05, 0) is 24.3 Å². The van der Waals surface area contributed by atoms with Crippen LogP contribution in [0.4, 0.5) is 14.5 Å². The smallest absolute Gasteiger partial charge is 0.143 e. The molecular weight excluding hydrogens is 316 g/mol. The van der Waals surface area contributed by atoms with Crippen molar-refractivity contribution in [3.8, 4) is 5.75 Å². The number of benzene rings is 2. The molecule has 0 saturated heterocycles. The Kier molecular flexibility index (Phi) is 3.14. The van der Waals surface area contributed by atoms with E-state index in [1.54, 1.807) is 0 Å². The Morgan fingerprint density at radius 2 is 2.00 bits per heavy atom. The second-order valence-electron chi connectivity index (χ2n) is 4.31. The van der Waals surface area contributed by atoms with Crippen LogP contribution in [0.5, 0.6) is 5.75 Å². The summed E-state index contributed by atoms with van der Waals surface area (Å²) in [5, 5.41) is 3.19. The number of nitrogens with one attached hydrogen (secondary N) is 1. The molecule has 19 heavy (non-hydrogen) atoms. The van der Waals surface area contributed by atoms with Crippen molar-refractivity contribution in [1.82, 2.24) is 0 Å². The highest BCUT2D eigenvalue weighted by Gasteiger charge is 2.23. The summed E-state index contributed by atoms with van der Waals surface area (Å²) in [6, 6.07) is 8.82. The first-order valence-corrected chi connectivity index (χ1v) is 6.56. The van der Waals surface area contributed by atoms with Crippen LogP contribution in [0.3, 0.4) is 0 Å². The summed E-state index contributed by atoms with van der Waals surface area (Å²) in [7, 11) is 0. The maximum absolute atomic E-state index is 13.7. The average Bonchev–Trinajstić information content (AvgIpc) is 2.38. The zero-order valence-corrected chi connectivity index (χ0v) is 11.4. The van der Waals surface area contributed by atoms with Crippen molar-refractivity contribution < 1.29 is 13.5 Å². The predicted molar refractivity (Wildman–Crippen MR) is 72.4 cm³/mol. The van der Waals surface area contributed by atoms with E-state index in [9.17, 15) is 8.78 Å². The summed E-state index contributed by atoms with van der Waals surface area (Å²) in [5.74, 6) is -0.433. The van der Waals surface area contributed by atoms with Gasteiger partial charge in [0.05, 0.1) is 11.7 Å². The molecule has 0 fully saturated rings. The van der Waals surface area contributed by atoms with Crippen molar-refractivity contribution in [2.45, 2.75) is 6.04 Å². The van der Waals surface area contributed by atoms with E-state index >= 15 is 0 Å². The number of ether oxygens (including phenoxy) is 1. The Morgan fingerprint density at radius 3 is 2.79 bits per heavy atom. The van der Waals surface area contributed by atoms with E-state index in [0.29, 0.717) is 17.9 Å². The van der Waals surface area contributed by atoms with Crippen LogP contribution in [0.15, 0.2) is 40.9 Å². The lowest BCUT2D eigenvalue weighted by Gasteiger charge is -2.28. The van der Waals surface area contributed by atoms with Crippen LogP contribution in [0.1, 0.15) is 11.6 Å². The minimum absolute atomic E-state index is 0.298. The van der Waals surface area contributed by atoms with Crippen LogP contribution in [-0.4, -0.2) is 6.61 Å². The van der Waals surface area contributed by atoms with E-state index in [-0.39, 0.29) is 6.04 Å². The number of fused-ring (bicyclic) bond motifs is 1. The van der Waals surface area contributed by atoms with Gasteiger partial charge in [-0.15, -0.1) is 0 Å². The summed E-state index contributed by atoms with van der Waals surface area (Å²) in [4.78, 5) is 0. The van der Waals surface area contributed by atoms with Crippen molar-refractivity contribution in [2.75, 3.05) is 11.9 Å². The Balaban J connectivity index is 1.91. The molecule has 1 aliphatic rings. The van der Waals surface area contributed by atoms with Gasteiger partial charge in [-0.2, -0.15) is 0 Å². The number of halogens is 3. The minimum atomic E-state index is -0.581. The van der Waals surface area contributed by atoms with Gasteiger partial charge >= 0.3 is 0 Å². The molecule has 0 aliphatic carbocycles. The minimum Gasteiger partial charge on any atom is -0.489 e. The topological polar surface area (TPSA) is 21.3 Å². The molecule has 1 heterocycles. The number of anilines is 1. The maximum Gasteiger partial charge on any atom is 0.143 e. The number of rotatable bonds is 1. The Bertz CT molecular complexity index is 633.